The number of hydrogen-bond donors (Lipinski definition) is 0. The SMILES string of the molecule is C=C([N-]c1c(C)cc(C)cc1Cl)c1cccc(C(=C)[N-]c2c(C)cc(C)cc2Cl)n1.[CH2-][Si](C)(C)C.[Fe+3]. The Bertz CT molecular complexity index is 1110. The van der Waals surface area contributed by atoms with Crippen LogP contribution in [0.4, 0.5) is 11.4 Å². The Kier molecular flexibility index (Phi) is 12.0. The van der Waals surface area contributed by atoms with Crippen molar-refractivity contribution >= 4 is 54.0 Å². The summed E-state index contributed by atoms with van der Waals surface area (Å²) in [5.74, 6) is 0. The Balaban J connectivity index is 0.000000983. The maximum atomic E-state index is 6.38. The monoisotopic (exact) mass is 578 g/mol. The average molecular weight is 579 g/mol. The van der Waals surface area contributed by atoms with Crippen LogP contribution in [0.25, 0.3) is 22.0 Å². The van der Waals surface area contributed by atoms with Crippen molar-refractivity contribution < 1.29 is 17.1 Å². The predicted octanol–water partition coefficient (Wildman–Crippen LogP) is 10.7. The molecule has 0 saturated heterocycles. The van der Waals surface area contributed by atoms with Gasteiger partial charge >= 0.3 is 17.1 Å². The van der Waals surface area contributed by atoms with Gasteiger partial charge in [0, 0.05) is 21.4 Å². The summed E-state index contributed by atoms with van der Waals surface area (Å²) >= 11 is 12.8. The summed E-state index contributed by atoms with van der Waals surface area (Å²) in [4.78, 5) is 4.65. The molecule has 1 radical (unpaired) electrons. The number of halogens is 2. The van der Waals surface area contributed by atoms with Crippen molar-refractivity contribution in [2.45, 2.75) is 47.3 Å². The van der Waals surface area contributed by atoms with Gasteiger partial charge in [-0.25, -0.2) is 0 Å². The molecule has 3 aromatic rings. The average Bonchev–Trinajstić information content (AvgIpc) is 2.71. The van der Waals surface area contributed by atoms with E-state index in [0.717, 1.165) is 22.3 Å². The second kappa shape index (κ2) is 13.5. The summed E-state index contributed by atoms with van der Waals surface area (Å²) in [6.45, 7) is 26.7. The Morgan fingerprint density at radius 3 is 1.42 bits per heavy atom. The van der Waals surface area contributed by atoms with Crippen molar-refractivity contribution in [3.63, 3.8) is 0 Å². The molecule has 0 aliphatic rings. The van der Waals surface area contributed by atoms with E-state index in [1.54, 1.807) is 0 Å². The van der Waals surface area contributed by atoms with Crippen LogP contribution in [0.3, 0.4) is 0 Å². The van der Waals surface area contributed by atoms with Crippen molar-refractivity contribution in [1.82, 2.24) is 4.98 Å². The fourth-order valence-electron chi connectivity index (χ4n) is 3.24. The normalized spacial score (nSPS) is 10.5. The molecule has 191 valence electrons. The van der Waals surface area contributed by atoms with Crippen molar-refractivity contribution in [3.05, 3.63) is 116 Å². The van der Waals surface area contributed by atoms with Crippen LogP contribution in [0.1, 0.15) is 33.6 Å². The molecular weight excluding hydrogens is 545 g/mol. The van der Waals surface area contributed by atoms with Gasteiger partial charge in [0.25, 0.3) is 0 Å². The zero-order valence-corrected chi connectivity index (χ0v) is 25.7. The first-order valence-corrected chi connectivity index (χ1v) is 15.8. The summed E-state index contributed by atoms with van der Waals surface area (Å²) in [5.41, 5.74) is 7.84. The van der Waals surface area contributed by atoms with E-state index in [0.29, 0.717) is 44.2 Å². The van der Waals surface area contributed by atoms with Crippen LogP contribution in [0.2, 0.25) is 29.7 Å². The number of hydrogen-bond acceptors (Lipinski definition) is 1. The van der Waals surface area contributed by atoms with E-state index >= 15 is 0 Å². The molecule has 0 saturated carbocycles. The van der Waals surface area contributed by atoms with Crippen LogP contribution in [0.5, 0.6) is 0 Å². The third kappa shape index (κ3) is 9.80. The van der Waals surface area contributed by atoms with E-state index < -0.39 is 8.07 Å². The molecule has 3 rings (SSSR count). The molecule has 0 aliphatic carbocycles. The second-order valence-electron chi connectivity index (χ2n) is 9.91. The summed E-state index contributed by atoms with van der Waals surface area (Å²) in [5, 5.41) is 10.4. The van der Waals surface area contributed by atoms with Crippen LogP contribution >= 0.6 is 23.2 Å². The molecule has 0 amide bonds. The minimum Gasteiger partial charge on any atom is -0.655 e. The van der Waals surface area contributed by atoms with E-state index in [4.69, 9.17) is 23.2 Å². The number of pyridine rings is 1. The summed E-state index contributed by atoms with van der Waals surface area (Å²) < 4.78 is 0. The number of nitrogens with zero attached hydrogens (tertiary/aromatic N) is 3. The predicted molar refractivity (Wildman–Crippen MR) is 159 cm³/mol. The topological polar surface area (TPSA) is 41.1 Å². The van der Waals surface area contributed by atoms with Gasteiger partial charge in [0.1, 0.15) is 0 Å². The molecule has 1 heterocycles. The van der Waals surface area contributed by atoms with Gasteiger partial charge in [-0.15, -0.1) is 44.0 Å². The minimum atomic E-state index is -0.861. The van der Waals surface area contributed by atoms with Crippen molar-refractivity contribution in [1.29, 1.82) is 0 Å². The van der Waals surface area contributed by atoms with Crippen molar-refractivity contribution in [3.8, 4) is 0 Å². The standard InChI is InChI=1S/C25H23Cl2N3.C4H11Si.Fe/c1-14-10-16(3)24(20(26)12-14)28-18(5)22-8-7-9-23(30-22)19(6)29-25-17(4)11-15(2)13-21(25)27;1-5(2,3)4;/h7-13H,5-6H2,1-4H3;1H2,2-4H3;/q-2;-1;+3. The van der Waals surface area contributed by atoms with E-state index in [9.17, 15) is 0 Å². The van der Waals surface area contributed by atoms with Gasteiger partial charge in [-0.2, -0.15) is 0 Å². The molecule has 0 atom stereocenters. The molecule has 3 nitrogen and oxygen atoms in total. The van der Waals surface area contributed by atoms with Gasteiger partial charge < -0.3 is 17.2 Å². The van der Waals surface area contributed by atoms with E-state index in [-0.39, 0.29) is 17.1 Å². The van der Waals surface area contributed by atoms with Gasteiger partial charge in [-0.05, 0) is 63.1 Å². The first kappa shape index (κ1) is 32.0. The van der Waals surface area contributed by atoms with Gasteiger partial charge in [-0.3, -0.25) is 4.98 Å². The first-order chi connectivity index (χ1) is 16.2. The minimum absolute atomic E-state index is 0. The molecule has 0 unspecified atom stereocenters. The fraction of sp³-hybridized carbons (Fsp3) is 0.241. The van der Waals surface area contributed by atoms with E-state index in [1.165, 1.54) is 0 Å². The Hall–Kier alpha value is -2.01. The smallest absolute Gasteiger partial charge is 0.655 e. The van der Waals surface area contributed by atoms with Crippen molar-refractivity contribution in [2.75, 3.05) is 0 Å². The second-order valence-corrected chi connectivity index (χ2v) is 15.8. The number of aryl methyl sites for hydroxylation is 4. The van der Waals surface area contributed by atoms with Gasteiger partial charge in [0.05, 0.1) is 0 Å². The molecule has 0 N–H and O–H groups in total. The Labute approximate surface area is 238 Å². The number of rotatable bonds is 6. The molecule has 0 fully saturated rings. The molecule has 36 heavy (non-hydrogen) atoms. The molecule has 2 aromatic carbocycles. The van der Waals surface area contributed by atoms with E-state index in [1.807, 2.05) is 70.2 Å². The number of aromatic nitrogens is 1. The van der Waals surface area contributed by atoms with Crippen molar-refractivity contribution in [2.24, 2.45) is 0 Å². The quantitative estimate of drug-likeness (QED) is 0.212. The molecule has 0 bridgehead atoms. The zero-order chi connectivity index (χ0) is 26.5. The zero-order valence-electron chi connectivity index (χ0n) is 22.1. The van der Waals surface area contributed by atoms with E-state index in [2.05, 4.69) is 55.0 Å². The number of benzene rings is 2. The van der Waals surface area contributed by atoms with Crippen LogP contribution in [0, 0.1) is 34.2 Å². The van der Waals surface area contributed by atoms with Crippen LogP contribution in [-0.2, 0) is 17.1 Å². The summed E-state index contributed by atoms with van der Waals surface area (Å²) in [7, 11) is -0.861. The third-order valence-corrected chi connectivity index (χ3v) is 5.21. The molecule has 1 aromatic heterocycles. The maximum Gasteiger partial charge on any atom is 3.00 e. The third-order valence-electron chi connectivity index (χ3n) is 4.63. The Morgan fingerprint density at radius 1 is 0.778 bits per heavy atom. The first-order valence-electron chi connectivity index (χ1n) is 11.3. The summed E-state index contributed by atoms with van der Waals surface area (Å²) in [6, 6.07) is 13.4. The van der Waals surface area contributed by atoms with Gasteiger partial charge in [0.15, 0.2) is 0 Å². The van der Waals surface area contributed by atoms with Crippen LogP contribution in [0.15, 0.2) is 55.6 Å². The van der Waals surface area contributed by atoms with Crippen LogP contribution < -0.4 is 0 Å². The molecule has 7 heteroatoms. The van der Waals surface area contributed by atoms with Crippen LogP contribution in [-0.4, -0.2) is 13.1 Å². The molecule has 0 spiro atoms. The van der Waals surface area contributed by atoms with Gasteiger partial charge in [-0.1, -0.05) is 72.2 Å². The maximum absolute atomic E-state index is 6.38. The Morgan fingerprint density at radius 2 is 1.11 bits per heavy atom. The van der Waals surface area contributed by atoms with Gasteiger partial charge in [0.2, 0.25) is 0 Å². The largest absolute Gasteiger partial charge is 3.00 e. The molecular formula is C29H34Cl2FeN3Si. The molecule has 0 aliphatic heterocycles. The summed E-state index contributed by atoms with van der Waals surface area (Å²) in [6.07, 6.45) is 0. The fourth-order valence-corrected chi connectivity index (χ4v) is 3.97.